The van der Waals surface area contributed by atoms with Crippen LogP contribution >= 0.6 is 12.4 Å². The summed E-state index contributed by atoms with van der Waals surface area (Å²) in [6.45, 7) is 3.55. The second-order valence-corrected chi connectivity index (χ2v) is 6.46. The van der Waals surface area contributed by atoms with Gasteiger partial charge in [0.2, 0.25) is 5.91 Å². The summed E-state index contributed by atoms with van der Waals surface area (Å²) >= 11 is 0. The lowest BCUT2D eigenvalue weighted by molar-refractivity contribution is -0.128. The molecule has 0 spiro atoms. The molecule has 24 heavy (non-hydrogen) atoms. The fraction of sp³-hybridized carbons (Fsp3) is 0.632. The molecule has 2 rings (SSSR count). The van der Waals surface area contributed by atoms with Gasteiger partial charge in [-0.05, 0) is 44.1 Å². The fourth-order valence-corrected chi connectivity index (χ4v) is 3.14. The molecule has 4 nitrogen and oxygen atoms in total. The highest BCUT2D eigenvalue weighted by atomic mass is 35.5. The summed E-state index contributed by atoms with van der Waals surface area (Å²) in [6.07, 6.45) is 5.49. The number of hydrogen-bond donors (Lipinski definition) is 2. The number of rotatable bonds is 8. The van der Waals surface area contributed by atoms with E-state index in [2.05, 4.69) is 36.5 Å². The average Bonchev–Trinajstić information content (AvgIpc) is 2.58. The van der Waals surface area contributed by atoms with Gasteiger partial charge in [0.1, 0.15) is 0 Å². The van der Waals surface area contributed by atoms with Gasteiger partial charge in [-0.25, -0.2) is 0 Å². The number of nitrogens with one attached hydrogen (secondary N) is 1. The smallest absolute Gasteiger partial charge is 0.223 e. The van der Waals surface area contributed by atoms with Crippen LogP contribution in [0.2, 0.25) is 0 Å². The van der Waals surface area contributed by atoms with Gasteiger partial charge in [-0.1, -0.05) is 37.3 Å². The van der Waals surface area contributed by atoms with E-state index < -0.39 is 0 Å². The van der Waals surface area contributed by atoms with Crippen LogP contribution in [0.25, 0.3) is 0 Å². The number of ether oxygens (including phenoxy) is 1. The van der Waals surface area contributed by atoms with Crippen molar-refractivity contribution in [2.45, 2.75) is 57.6 Å². The molecule has 1 amide bonds. The molecule has 3 atom stereocenters. The summed E-state index contributed by atoms with van der Waals surface area (Å²) in [6, 6.07) is 10.4. The molecule has 3 N–H and O–H groups in total. The topological polar surface area (TPSA) is 64.3 Å². The van der Waals surface area contributed by atoms with E-state index in [0.29, 0.717) is 0 Å². The first-order valence-corrected chi connectivity index (χ1v) is 8.89. The molecule has 0 aromatic heterocycles. The van der Waals surface area contributed by atoms with Crippen LogP contribution in [-0.4, -0.2) is 31.2 Å². The molecular weight excluding hydrogens is 324 g/mol. The zero-order valence-corrected chi connectivity index (χ0v) is 15.4. The second-order valence-electron chi connectivity index (χ2n) is 6.46. The summed E-state index contributed by atoms with van der Waals surface area (Å²) in [7, 11) is 0. The SMILES string of the molecule is CCCO[C@@H]1C[C@@H](C(=O)NCCCc2ccccc2)CC[C@H]1N.Cl. The Kier molecular flexibility index (Phi) is 9.99. The minimum atomic E-state index is 0. The van der Waals surface area contributed by atoms with Crippen molar-refractivity contribution in [3.8, 4) is 0 Å². The first-order valence-electron chi connectivity index (χ1n) is 8.89. The standard InChI is InChI=1S/C19H30N2O2.ClH/c1-2-13-23-18-14-16(10-11-17(18)20)19(22)21-12-6-9-15-7-4-3-5-8-15;/h3-5,7-8,16-18H,2,6,9-14,20H2,1H3,(H,21,22);1H/t16-,17+,18+;/m0./s1. The Labute approximate surface area is 151 Å². The van der Waals surface area contributed by atoms with E-state index in [0.717, 1.165) is 51.7 Å². The average molecular weight is 355 g/mol. The molecule has 1 aromatic carbocycles. The largest absolute Gasteiger partial charge is 0.377 e. The van der Waals surface area contributed by atoms with E-state index >= 15 is 0 Å². The molecule has 0 bridgehead atoms. The molecule has 0 heterocycles. The Morgan fingerprint density at radius 1 is 1.29 bits per heavy atom. The number of nitrogens with two attached hydrogens (primary N) is 1. The number of hydrogen-bond acceptors (Lipinski definition) is 3. The van der Waals surface area contributed by atoms with Crippen molar-refractivity contribution in [3.05, 3.63) is 35.9 Å². The zero-order chi connectivity index (χ0) is 16.5. The van der Waals surface area contributed by atoms with Gasteiger partial charge in [-0.15, -0.1) is 12.4 Å². The molecule has 1 aromatic rings. The van der Waals surface area contributed by atoms with Crippen LogP contribution in [-0.2, 0) is 16.0 Å². The van der Waals surface area contributed by atoms with Gasteiger partial charge in [0.15, 0.2) is 0 Å². The van der Waals surface area contributed by atoms with Crippen molar-refractivity contribution in [3.63, 3.8) is 0 Å². The number of carbonyl (C=O) groups excluding carboxylic acids is 1. The highest BCUT2D eigenvalue weighted by Crippen LogP contribution is 2.26. The van der Waals surface area contributed by atoms with Crippen LogP contribution in [0.15, 0.2) is 30.3 Å². The van der Waals surface area contributed by atoms with Crippen LogP contribution in [0, 0.1) is 5.92 Å². The Balaban J connectivity index is 0.00000288. The second kappa shape index (κ2) is 11.5. The quantitative estimate of drug-likeness (QED) is 0.705. The summed E-state index contributed by atoms with van der Waals surface area (Å²) in [5, 5.41) is 3.08. The minimum Gasteiger partial charge on any atom is -0.377 e. The Morgan fingerprint density at radius 3 is 2.75 bits per heavy atom. The maximum Gasteiger partial charge on any atom is 0.223 e. The summed E-state index contributed by atoms with van der Waals surface area (Å²) < 4.78 is 5.80. The molecule has 0 radical (unpaired) electrons. The molecule has 5 heteroatoms. The lowest BCUT2D eigenvalue weighted by atomic mass is 9.83. The van der Waals surface area contributed by atoms with Gasteiger partial charge in [-0.2, -0.15) is 0 Å². The molecule has 1 fully saturated rings. The molecule has 1 aliphatic rings. The predicted octanol–water partition coefficient (Wildman–Crippen LogP) is 3.08. The minimum absolute atomic E-state index is 0. The molecule has 0 aliphatic heterocycles. The molecule has 0 unspecified atom stereocenters. The highest BCUT2D eigenvalue weighted by Gasteiger charge is 2.32. The van der Waals surface area contributed by atoms with Gasteiger partial charge in [0, 0.05) is 25.1 Å². The first-order chi connectivity index (χ1) is 11.2. The van der Waals surface area contributed by atoms with Crippen molar-refractivity contribution in [2.75, 3.05) is 13.2 Å². The van der Waals surface area contributed by atoms with Crippen LogP contribution in [0.1, 0.15) is 44.6 Å². The van der Waals surface area contributed by atoms with Gasteiger partial charge in [-0.3, -0.25) is 4.79 Å². The van der Waals surface area contributed by atoms with Gasteiger partial charge in [0.25, 0.3) is 0 Å². The summed E-state index contributed by atoms with van der Waals surface area (Å²) in [5.41, 5.74) is 7.43. The van der Waals surface area contributed by atoms with Gasteiger partial charge >= 0.3 is 0 Å². The maximum absolute atomic E-state index is 12.3. The third kappa shape index (κ3) is 6.80. The third-order valence-electron chi connectivity index (χ3n) is 4.53. The predicted molar refractivity (Wildman–Crippen MR) is 100 cm³/mol. The van der Waals surface area contributed by atoms with Crippen molar-refractivity contribution < 1.29 is 9.53 Å². The number of halogens is 1. The molecular formula is C19H31ClN2O2. The normalized spacial score (nSPS) is 23.3. The van der Waals surface area contributed by atoms with Crippen molar-refractivity contribution in [2.24, 2.45) is 11.7 Å². The van der Waals surface area contributed by atoms with E-state index in [-0.39, 0.29) is 36.4 Å². The van der Waals surface area contributed by atoms with E-state index in [4.69, 9.17) is 10.5 Å². The number of benzene rings is 1. The third-order valence-corrected chi connectivity index (χ3v) is 4.53. The molecule has 136 valence electrons. The zero-order valence-electron chi connectivity index (χ0n) is 14.6. The van der Waals surface area contributed by atoms with Crippen molar-refractivity contribution in [1.82, 2.24) is 5.32 Å². The van der Waals surface area contributed by atoms with E-state index in [1.54, 1.807) is 0 Å². The molecule has 1 saturated carbocycles. The number of amides is 1. The van der Waals surface area contributed by atoms with E-state index in [9.17, 15) is 4.79 Å². The fourth-order valence-electron chi connectivity index (χ4n) is 3.14. The lowest BCUT2D eigenvalue weighted by Gasteiger charge is -2.33. The highest BCUT2D eigenvalue weighted by molar-refractivity contribution is 5.85. The van der Waals surface area contributed by atoms with Crippen LogP contribution in [0.3, 0.4) is 0 Å². The van der Waals surface area contributed by atoms with Crippen molar-refractivity contribution >= 4 is 18.3 Å². The van der Waals surface area contributed by atoms with Crippen LogP contribution in [0.4, 0.5) is 0 Å². The summed E-state index contributed by atoms with van der Waals surface area (Å²) in [4.78, 5) is 12.3. The first kappa shape index (κ1) is 20.9. The van der Waals surface area contributed by atoms with E-state index in [1.807, 2.05) is 6.07 Å². The van der Waals surface area contributed by atoms with Gasteiger partial charge < -0.3 is 15.8 Å². The number of carbonyl (C=O) groups is 1. The van der Waals surface area contributed by atoms with Crippen molar-refractivity contribution in [1.29, 1.82) is 0 Å². The van der Waals surface area contributed by atoms with Gasteiger partial charge in [0.05, 0.1) is 6.10 Å². The van der Waals surface area contributed by atoms with E-state index in [1.165, 1.54) is 5.56 Å². The Hall–Kier alpha value is -1.10. The Bertz CT molecular complexity index is 470. The Morgan fingerprint density at radius 2 is 2.04 bits per heavy atom. The summed E-state index contributed by atoms with van der Waals surface area (Å²) in [5.74, 6) is 0.212. The monoisotopic (exact) mass is 354 g/mol. The van der Waals surface area contributed by atoms with Crippen LogP contribution < -0.4 is 11.1 Å². The number of aryl methyl sites for hydroxylation is 1. The van der Waals surface area contributed by atoms with Crippen LogP contribution in [0.5, 0.6) is 0 Å². The maximum atomic E-state index is 12.3. The molecule has 0 saturated heterocycles. The lowest BCUT2D eigenvalue weighted by Crippen LogP contribution is -2.46. The molecule has 1 aliphatic carbocycles.